The van der Waals surface area contributed by atoms with Crippen LogP contribution in [0, 0.1) is 0 Å². The number of hydrogen-bond donors (Lipinski definition) is 0. The maximum absolute atomic E-state index is 5.26. The predicted molar refractivity (Wildman–Crippen MR) is 492 cm³/mol. The van der Waals surface area contributed by atoms with Crippen LogP contribution in [-0.2, 0) is 0 Å². The van der Waals surface area contributed by atoms with Crippen molar-refractivity contribution in [2.45, 2.75) is 0 Å². The van der Waals surface area contributed by atoms with Crippen LogP contribution in [0.1, 0.15) is 0 Å². The molecule has 0 saturated heterocycles. The largest absolute Gasteiger partial charge is 0.309 e. The molecule has 0 saturated carbocycles. The number of nitrogens with zero attached hydrogens (tertiary/aromatic N) is 8. The zero-order chi connectivity index (χ0) is 77.7. The van der Waals surface area contributed by atoms with Gasteiger partial charge >= 0.3 is 0 Å². The summed E-state index contributed by atoms with van der Waals surface area (Å²) in [7, 11) is 0. The second-order valence-electron chi connectivity index (χ2n) is 30.5. The average Bonchev–Trinajstić information content (AvgIpc) is 1.56. The molecule has 0 aliphatic rings. The first kappa shape index (κ1) is 67.8. The number of rotatable bonds is 11. The third kappa shape index (κ3) is 11.6. The Kier molecular flexibility index (Phi) is 16.1. The molecule has 6 heterocycles. The van der Waals surface area contributed by atoms with E-state index in [-0.39, 0.29) is 0 Å². The van der Waals surface area contributed by atoms with Crippen LogP contribution in [0.4, 0.5) is 0 Å². The molecular weight excluding hydrogens is 1430 g/mol. The van der Waals surface area contributed by atoms with Crippen LogP contribution in [0.5, 0.6) is 0 Å². The minimum absolute atomic E-state index is 0.693. The van der Waals surface area contributed by atoms with Crippen molar-refractivity contribution in [2.75, 3.05) is 0 Å². The first-order valence-corrected chi connectivity index (χ1v) is 40.1. The highest BCUT2D eigenvalue weighted by Gasteiger charge is 2.24. The lowest BCUT2D eigenvalue weighted by Gasteiger charge is -2.16. The summed E-state index contributed by atoms with van der Waals surface area (Å²) in [6, 6.07) is 152. The summed E-state index contributed by atoms with van der Waals surface area (Å²) in [4.78, 5) is 20.8. The van der Waals surface area contributed by atoms with Crippen LogP contribution in [0.2, 0.25) is 0 Å². The highest BCUT2D eigenvalue weighted by molar-refractivity contribution is 6.21. The average molecular weight is 1500 g/mol. The van der Waals surface area contributed by atoms with Crippen LogP contribution in [0.15, 0.2) is 425 Å². The van der Waals surface area contributed by atoms with Crippen molar-refractivity contribution in [3.05, 3.63) is 425 Å². The topological polar surface area (TPSA) is 71.3 Å². The van der Waals surface area contributed by atoms with E-state index in [1.165, 1.54) is 103 Å². The first-order chi connectivity index (χ1) is 58.5. The summed E-state index contributed by atoms with van der Waals surface area (Å²) in [5, 5.41) is 16.9. The van der Waals surface area contributed by atoms with Gasteiger partial charge in [-0.15, -0.1) is 0 Å². The molecule has 0 aliphatic heterocycles. The molecule has 550 valence electrons. The minimum Gasteiger partial charge on any atom is -0.309 e. The normalized spacial score (nSPS) is 11.7. The minimum atomic E-state index is 0.693. The number of para-hydroxylation sites is 5. The van der Waals surface area contributed by atoms with Crippen molar-refractivity contribution in [1.82, 2.24) is 38.2 Å². The second kappa shape index (κ2) is 28.0. The molecule has 0 bridgehead atoms. The molecule has 0 spiro atoms. The summed E-state index contributed by atoms with van der Waals surface area (Å²) in [6.45, 7) is 0. The quantitative estimate of drug-likeness (QED) is 0.129. The van der Waals surface area contributed by atoms with Gasteiger partial charge in [0.2, 0.25) is 0 Å². The fourth-order valence-electron chi connectivity index (χ4n) is 18.0. The predicted octanol–water partition coefficient (Wildman–Crippen LogP) is 28.5. The van der Waals surface area contributed by atoms with Gasteiger partial charge in [0.1, 0.15) is 0 Å². The van der Waals surface area contributed by atoms with Crippen molar-refractivity contribution in [2.24, 2.45) is 0 Å². The third-order valence-corrected chi connectivity index (χ3v) is 23.6. The van der Waals surface area contributed by atoms with Gasteiger partial charge in [-0.1, -0.05) is 309 Å². The SMILES string of the molecule is c1ccc(-c2cc(-c3cc(-n4c5ccccc5c5cc6c7ccccc7n(-c7ccc8ccccc8c7)c6cc54)c4ccccc4c3)nc(-c3ccccc3)n2)cc1.c1ccc(-c2ccc(-c3cc(-c4ccccc4)nc(-c4ccc5ccc(-n6c7ccccc7c7cc8c9ccccc9n(-c9ccccc9)c8cc76)cc5c4)n3)cc2)cc1. The van der Waals surface area contributed by atoms with E-state index in [1.54, 1.807) is 0 Å². The molecule has 0 aliphatic carbocycles. The first-order valence-electron chi connectivity index (χ1n) is 40.1. The smallest absolute Gasteiger partial charge is 0.160 e. The standard InChI is InChI=1S/C56H36N4.C54H34N4/c1-4-14-37(15-5-1)38-24-27-41(28-25-38)51-35-50(40-16-6-2-7-17-40)57-56(58-51)42-29-26-39-30-31-45(33-43(39)32-42)60-53-23-13-11-21-47(53)49-34-48-46-20-10-12-22-52(46)59(54(48)36-55(49)60)44-18-8-3-9-19-44;1-3-16-36(17-4-1)47-33-48(56-54(55-47)37-18-5-2-6-19-37)40-29-39-21-9-10-22-42(39)51(31-40)58-50-26-14-12-24-44(50)46-32-45-43-23-11-13-25-49(43)57(52(45)34-53(46)58)41-28-27-35-15-7-8-20-38(35)30-41/h1-36H;1-34H. The molecule has 0 fully saturated rings. The molecule has 24 aromatic rings. The maximum atomic E-state index is 5.26. The van der Waals surface area contributed by atoms with E-state index < -0.39 is 0 Å². The zero-order valence-electron chi connectivity index (χ0n) is 64.0. The summed E-state index contributed by atoms with van der Waals surface area (Å²) >= 11 is 0. The Bertz CT molecular complexity index is 8030. The van der Waals surface area contributed by atoms with E-state index in [1.807, 2.05) is 36.4 Å². The maximum Gasteiger partial charge on any atom is 0.160 e. The van der Waals surface area contributed by atoms with Crippen LogP contribution >= 0.6 is 0 Å². The molecule has 0 atom stereocenters. The van der Waals surface area contributed by atoms with E-state index in [2.05, 4.69) is 407 Å². The van der Waals surface area contributed by atoms with Gasteiger partial charge in [-0.3, -0.25) is 0 Å². The van der Waals surface area contributed by atoms with Gasteiger partial charge in [0.15, 0.2) is 11.6 Å². The molecule has 24 rings (SSSR count). The Balaban J connectivity index is 0.000000138. The van der Waals surface area contributed by atoms with Crippen LogP contribution < -0.4 is 0 Å². The number of benzene rings is 18. The van der Waals surface area contributed by atoms with E-state index >= 15 is 0 Å². The van der Waals surface area contributed by atoms with Gasteiger partial charge in [-0.05, 0) is 153 Å². The summed E-state index contributed by atoms with van der Waals surface area (Å²) in [5.74, 6) is 1.39. The van der Waals surface area contributed by atoms with Gasteiger partial charge in [0, 0.05) is 98.9 Å². The van der Waals surface area contributed by atoms with Crippen molar-refractivity contribution >= 4 is 120 Å². The Labute approximate surface area is 679 Å². The molecule has 0 amide bonds. The highest BCUT2D eigenvalue weighted by atomic mass is 15.0. The number of fused-ring (bicyclic) bond motifs is 15. The van der Waals surface area contributed by atoms with Gasteiger partial charge in [-0.25, -0.2) is 19.9 Å². The van der Waals surface area contributed by atoms with E-state index in [4.69, 9.17) is 19.9 Å². The Morgan fingerprint density at radius 2 is 0.466 bits per heavy atom. The lowest BCUT2D eigenvalue weighted by molar-refractivity contribution is 1.17. The van der Waals surface area contributed by atoms with E-state index in [9.17, 15) is 0 Å². The number of aromatic nitrogens is 8. The molecule has 8 heteroatoms. The van der Waals surface area contributed by atoms with Gasteiger partial charge in [0.05, 0.1) is 72.6 Å². The van der Waals surface area contributed by atoms with Gasteiger partial charge < -0.3 is 18.3 Å². The molecule has 6 aromatic heterocycles. The Morgan fingerprint density at radius 3 is 0.975 bits per heavy atom. The lowest BCUT2D eigenvalue weighted by atomic mass is 10.0. The van der Waals surface area contributed by atoms with E-state index in [0.29, 0.717) is 11.6 Å². The summed E-state index contributed by atoms with van der Waals surface area (Å²) in [6.07, 6.45) is 0. The molecule has 0 radical (unpaired) electrons. The second-order valence-corrected chi connectivity index (χ2v) is 30.5. The fourth-order valence-corrected chi connectivity index (χ4v) is 18.0. The third-order valence-electron chi connectivity index (χ3n) is 23.6. The Hall–Kier alpha value is -15.9. The molecule has 0 unspecified atom stereocenters. The van der Waals surface area contributed by atoms with Crippen molar-refractivity contribution in [3.63, 3.8) is 0 Å². The number of hydrogen-bond acceptors (Lipinski definition) is 4. The molecule has 118 heavy (non-hydrogen) atoms. The summed E-state index contributed by atoms with van der Waals surface area (Å²) < 4.78 is 9.72. The van der Waals surface area contributed by atoms with Crippen LogP contribution in [0.3, 0.4) is 0 Å². The van der Waals surface area contributed by atoms with Crippen molar-refractivity contribution in [3.8, 4) is 102 Å². The monoisotopic (exact) mass is 1500 g/mol. The van der Waals surface area contributed by atoms with Crippen molar-refractivity contribution < 1.29 is 0 Å². The Morgan fingerprint density at radius 1 is 0.144 bits per heavy atom. The molecule has 8 nitrogen and oxygen atoms in total. The molecular formula is C110H70N8. The molecule has 0 N–H and O–H groups in total. The van der Waals surface area contributed by atoms with Crippen LogP contribution in [0.25, 0.3) is 221 Å². The van der Waals surface area contributed by atoms with Crippen LogP contribution in [-0.4, -0.2) is 38.2 Å². The molecule has 18 aromatic carbocycles. The lowest BCUT2D eigenvalue weighted by Crippen LogP contribution is -1.99. The van der Waals surface area contributed by atoms with Crippen molar-refractivity contribution in [1.29, 1.82) is 0 Å². The van der Waals surface area contributed by atoms with Gasteiger partial charge in [-0.2, -0.15) is 0 Å². The van der Waals surface area contributed by atoms with E-state index in [0.717, 1.165) is 106 Å². The zero-order valence-corrected chi connectivity index (χ0v) is 64.0. The summed E-state index contributed by atoms with van der Waals surface area (Å²) in [5.41, 5.74) is 25.9. The van der Waals surface area contributed by atoms with Gasteiger partial charge in [0.25, 0.3) is 0 Å². The fraction of sp³-hybridized carbons (Fsp3) is 0. The highest BCUT2D eigenvalue weighted by Crippen LogP contribution is 2.45.